The minimum atomic E-state index is -0.858. The van der Waals surface area contributed by atoms with E-state index in [1.807, 2.05) is 78.9 Å². The third-order valence-corrected chi connectivity index (χ3v) is 6.97. The molecule has 39 heavy (non-hydrogen) atoms. The number of rotatable bonds is 10. The van der Waals surface area contributed by atoms with Crippen molar-refractivity contribution >= 4 is 22.8 Å². The predicted octanol–water partition coefficient (Wildman–Crippen LogP) is 4.95. The first-order valence-corrected chi connectivity index (χ1v) is 13.0. The van der Waals surface area contributed by atoms with Crippen LogP contribution in [0.4, 0.5) is 0 Å². The SMILES string of the molecule is COC(=O)CNC(=O)C(Cc1cc2ccccc2[nH]1)NC(c1ccccc1)(c1ccccc1)c1ccccc1. The van der Waals surface area contributed by atoms with Crippen molar-refractivity contribution < 1.29 is 14.3 Å². The first-order chi connectivity index (χ1) is 19.1. The zero-order valence-corrected chi connectivity index (χ0v) is 21.8. The van der Waals surface area contributed by atoms with E-state index in [-0.39, 0.29) is 12.5 Å². The molecule has 0 aliphatic carbocycles. The lowest BCUT2D eigenvalue weighted by Crippen LogP contribution is -2.56. The number of methoxy groups -OCH3 is 1. The predicted molar refractivity (Wildman–Crippen MR) is 153 cm³/mol. The van der Waals surface area contributed by atoms with Crippen molar-refractivity contribution in [2.75, 3.05) is 13.7 Å². The molecule has 0 aliphatic heterocycles. The number of amides is 1. The molecule has 1 aromatic heterocycles. The van der Waals surface area contributed by atoms with Crippen LogP contribution < -0.4 is 10.6 Å². The van der Waals surface area contributed by atoms with Crippen LogP contribution in [0.25, 0.3) is 10.9 Å². The van der Waals surface area contributed by atoms with Crippen LogP contribution in [0.5, 0.6) is 0 Å². The van der Waals surface area contributed by atoms with Gasteiger partial charge in [-0.1, -0.05) is 109 Å². The van der Waals surface area contributed by atoms with E-state index in [1.165, 1.54) is 7.11 Å². The minimum Gasteiger partial charge on any atom is -0.468 e. The summed E-state index contributed by atoms with van der Waals surface area (Å²) in [4.78, 5) is 29.1. The van der Waals surface area contributed by atoms with Crippen molar-refractivity contribution in [1.29, 1.82) is 0 Å². The molecule has 1 amide bonds. The Morgan fingerprint density at radius 1 is 0.769 bits per heavy atom. The molecule has 1 heterocycles. The monoisotopic (exact) mass is 517 g/mol. The Balaban J connectivity index is 1.63. The molecule has 196 valence electrons. The van der Waals surface area contributed by atoms with Gasteiger partial charge in [0.15, 0.2) is 0 Å². The molecule has 0 fully saturated rings. The molecular weight excluding hydrogens is 486 g/mol. The number of benzene rings is 4. The fourth-order valence-electron chi connectivity index (χ4n) is 5.10. The fourth-order valence-corrected chi connectivity index (χ4v) is 5.10. The summed E-state index contributed by atoms with van der Waals surface area (Å²) in [7, 11) is 1.31. The van der Waals surface area contributed by atoms with Crippen LogP contribution in [0, 0.1) is 0 Å². The third kappa shape index (κ3) is 5.61. The Bertz CT molecular complexity index is 1400. The van der Waals surface area contributed by atoms with Crippen LogP contribution in [0.15, 0.2) is 121 Å². The topological polar surface area (TPSA) is 83.2 Å². The highest BCUT2D eigenvalue weighted by Crippen LogP contribution is 2.37. The highest BCUT2D eigenvalue weighted by molar-refractivity contribution is 5.87. The Labute approximate surface area is 228 Å². The van der Waals surface area contributed by atoms with Crippen molar-refractivity contribution in [2.45, 2.75) is 18.0 Å². The van der Waals surface area contributed by atoms with E-state index in [4.69, 9.17) is 4.74 Å². The lowest BCUT2D eigenvalue weighted by Gasteiger charge is -2.39. The number of aromatic amines is 1. The standard InChI is InChI=1S/C33H31N3O3/c1-39-31(37)23-34-32(38)30(22-28-21-24-13-11-12-20-29(24)35-28)36-33(25-14-5-2-6-15-25,26-16-7-3-8-17-26)27-18-9-4-10-19-27/h2-21,30,35-36H,22-23H2,1H3,(H,34,38). The highest BCUT2D eigenvalue weighted by atomic mass is 16.5. The van der Waals surface area contributed by atoms with Crippen molar-refractivity contribution in [1.82, 2.24) is 15.6 Å². The molecule has 6 heteroatoms. The highest BCUT2D eigenvalue weighted by Gasteiger charge is 2.40. The summed E-state index contributed by atoms with van der Waals surface area (Å²) in [5, 5.41) is 7.61. The van der Waals surface area contributed by atoms with E-state index in [0.29, 0.717) is 6.42 Å². The second-order valence-corrected chi connectivity index (χ2v) is 9.42. The van der Waals surface area contributed by atoms with Crippen molar-refractivity contribution in [3.05, 3.63) is 144 Å². The number of para-hydroxylation sites is 1. The maximum absolute atomic E-state index is 13.8. The van der Waals surface area contributed by atoms with Gasteiger partial charge in [-0.15, -0.1) is 0 Å². The van der Waals surface area contributed by atoms with Gasteiger partial charge < -0.3 is 15.0 Å². The van der Waals surface area contributed by atoms with Crippen LogP contribution in [0.1, 0.15) is 22.4 Å². The Morgan fingerprint density at radius 3 is 1.79 bits per heavy atom. The number of esters is 1. The summed E-state index contributed by atoms with van der Waals surface area (Å²) in [6.45, 7) is -0.213. The summed E-state index contributed by atoms with van der Waals surface area (Å²) in [5.74, 6) is -0.806. The molecule has 5 rings (SSSR count). The zero-order chi connectivity index (χ0) is 27.1. The molecule has 5 aromatic rings. The van der Waals surface area contributed by atoms with E-state index in [2.05, 4.69) is 58.1 Å². The minimum absolute atomic E-state index is 0.213. The zero-order valence-electron chi connectivity index (χ0n) is 21.8. The van der Waals surface area contributed by atoms with E-state index in [9.17, 15) is 9.59 Å². The normalized spacial score (nSPS) is 12.1. The maximum atomic E-state index is 13.8. The van der Waals surface area contributed by atoms with Gasteiger partial charge >= 0.3 is 5.97 Å². The lowest BCUT2D eigenvalue weighted by atomic mass is 9.76. The average molecular weight is 518 g/mol. The molecule has 0 radical (unpaired) electrons. The van der Waals surface area contributed by atoms with Crippen LogP contribution in [-0.2, 0) is 26.3 Å². The molecule has 4 aromatic carbocycles. The molecule has 0 aliphatic rings. The number of hydrogen-bond donors (Lipinski definition) is 3. The number of aromatic nitrogens is 1. The number of H-pyrrole nitrogens is 1. The van der Waals surface area contributed by atoms with Crippen LogP contribution in [0.2, 0.25) is 0 Å². The largest absolute Gasteiger partial charge is 0.468 e. The summed E-state index contributed by atoms with van der Waals surface area (Å²) >= 11 is 0. The van der Waals surface area contributed by atoms with E-state index in [1.54, 1.807) is 0 Å². The number of ether oxygens (including phenoxy) is 1. The number of nitrogens with one attached hydrogen (secondary N) is 3. The summed E-state index contributed by atoms with van der Waals surface area (Å²) in [5.41, 5.74) is 4.02. The second-order valence-electron chi connectivity index (χ2n) is 9.42. The smallest absolute Gasteiger partial charge is 0.325 e. The molecule has 1 unspecified atom stereocenters. The van der Waals surface area contributed by atoms with Gasteiger partial charge in [0.1, 0.15) is 6.54 Å². The van der Waals surface area contributed by atoms with Gasteiger partial charge in [-0.25, -0.2) is 0 Å². The first-order valence-electron chi connectivity index (χ1n) is 13.0. The van der Waals surface area contributed by atoms with Gasteiger partial charge in [0.25, 0.3) is 0 Å². The van der Waals surface area contributed by atoms with Gasteiger partial charge in [-0.05, 0) is 34.2 Å². The van der Waals surface area contributed by atoms with Gasteiger partial charge in [0.05, 0.1) is 18.7 Å². The van der Waals surface area contributed by atoms with Crippen LogP contribution in [-0.4, -0.2) is 36.6 Å². The molecule has 0 spiro atoms. The Kier molecular flexibility index (Phi) is 7.85. The van der Waals surface area contributed by atoms with Gasteiger partial charge in [-0.3, -0.25) is 14.9 Å². The maximum Gasteiger partial charge on any atom is 0.325 e. The van der Waals surface area contributed by atoms with E-state index >= 15 is 0 Å². The number of hydrogen-bond acceptors (Lipinski definition) is 4. The molecule has 3 N–H and O–H groups in total. The van der Waals surface area contributed by atoms with E-state index < -0.39 is 17.6 Å². The van der Waals surface area contributed by atoms with Crippen LogP contribution in [0.3, 0.4) is 0 Å². The molecule has 1 atom stereocenters. The van der Waals surface area contributed by atoms with Gasteiger partial charge in [0.2, 0.25) is 5.91 Å². The molecule has 0 saturated carbocycles. The third-order valence-electron chi connectivity index (χ3n) is 6.97. The average Bonchev–Trinajstić information content (AvgIpc) is 3.41. The van der Waals surface area contributed by atoms with E-state index in [0.717, 1.165) is 33.3 Å². The second kappa shape index (κ2) is 11.8. The quantitative estimate of drug-likeness (QED) is 0.181. The fraction of sp³-hybridized carbons (Fsp3) is 0.152. The summed E-state index contributed by atoms with van der Waals surface area (Å²) < 4.78 is 4.77. The first kappa shape index (κ1) is 25.9. The van der Waals surface area contributed by atoms with Crippen molar-refractivity contribution in [2.24, 2.45) is 0 Å². The van der Waals surface area contributed by atoms with Gasteiger partial charge in [0, 0.05) is 17.6 Å². The number of carbonyl (C=O) groups is 2. The molecule has 0 saturated heterocycles. The summed E-state index contributed by atoms with van der Waals surface area (Å²) in [6, 6.07) is 39.7. The number of fused-ring (bicyclic) bond motifs is 1. The Hall–Kier alpha value is -4.68. The van der Waals surface area contributed by atoms with Crippen molar-refractivity contribution in [3.8, 4) is 0 Å². The van der Waals surface area contributed by atoms with Gasteiger partial charge in [-0.2, -0.15) is 0 Å². The number of carbonyl (C=O) groups excluding carboxylic acids is 2. The Morgan fingerprint density at radius 2 is 1.28 bits per heavy atom. The lowest BCUT2D eigenvalue weighted by molar-refractivity contribution is -0.141. The van der Waals surface area contributed by atoms with Crippen molar-refractivity contribution in [3.63, 3.8) is 0 Å². The summed E-state index contributed by atoms with van der Waals surface area (Å²) in [6.07, 6.45) is 0.371. The van der Waals surface area contributed by atoms with Crippen LogP contribution >= 0.6 is 0 Å². The molecule has 0 bridgehead atoms. The molecular formula is C33H31N3O3. The molecule has 6 nitrogen and oxygen atoms in total.